The number of rotatable bonds is 5. The zero-order valence-electron chi connectivity index (χ0n) is 11.9. The molecule has 2 rings (SSSR count). The molecule has 0 saturated carbocycles. The van der Waals surface area contributed by atoms with Gasteiger partial charge in [-0.3, -0.25) is 5.32 Å². The van der Waals surface area contributed by atoms with E-state index in [1.807, 2.05) is 18.2 Å². The molecule has 2 nitrogen and oxygen atoms in total. The first-order valence-electron chi connectivity index (χ1n) is 6.62. The molecule has 0 heterocycles. The maximum atomic E-state index is 5.81. The molecule has 0 spiro atoms. The molecule has 2 aromatic carbocycles. The normalized spacial score (nSPS) is 10.5. The molecule has 19 heavy (non-hydrogen) atoms. The van der Waals surface area contributed by atoms with Gasteiger partial charge < -0.3 is 4.74 Å². The Bertz CT molecular complexity index is 534. The fraction of sp³-hybridized carbons (Fsp3) is 0.294. The Labute approximate surface area is 115 Å². The number of aryl methyl sites for hydroxylation is 2. The lowest BCUT2D eigenvalue weighted by Crippen LogP contribution is -2.20. The van der Waals surface area contributed by atoms with Crippen LogP contribution in [0.3, 0.4) is 0 Å². The molecule has 1 N–H and O–H groups in total. The standard InChI is InChI=1S/C17H21NO/c1-13-9-14(2)15(3)17(10-13)19-12-18-11-16-7-5-4-6-8-16/h4-10,18H,11-12H2,1-3H3. The van der Waals surface area contributed by atoms with Gasteiger partial charge in [-0.15, -0.1) is 0 Å². The molecule has 0 radical (unpaired) electrons. The van der Waals surface area contributed by atoms with Gasteiger partial charge in [0.05, 0.1) is 0 Å². The van der Waals surface area contributed by atoms with Gasteiger partial charge in [-0.1, -0.05) is 36.4 Å². The van der Waals surface area contributed by atoms with Gasteiger partial charge in [-0.05, 0) is 49.1 Å². The highest BCUT2D eigenvalue weighted by molar-refractivity contribution is 5.41. The van der Waals surface area contributed by atoms with E-state index < -0.39 is 0 Å². The molecule has 0 atom stereocenters. The fourth-order valence-electron chi connectivity index (χ4n) is 2.07. The molecule has 0 unspecified atom stereocenters. The highest BCUT2D eigenvalue weighted by atomic mass is 16.5. The van der Waals surface area contributed by atoms with Crippen molar-refractivity contribution < 1.29 is 4.74 Å². The Morgan fingerprint density at radius 3 is 2.47 bits per heavy atom. The highest BCUT2D eigenvalue weighted by Crippen LogP contribution is 2.22. The molecular weight excluding hydrogens is 234 g/mol. The molecule has 0 bridgehead atoms. The third kappa shape index (κ3) is 3.83. The van der Waals surface area contributed by atoms with Crippen LogP contribution in [0.4, 0.5) is 0 Å². The Kier molecular flexibility index (Phi) is 4.58. The fourth-order valence-corrected chi connectivity index (χ4v) is 2.07. The summed E-state index contributed by atoms with van der Waals surface area (Å²) < 4.78 is 5.81. The van der Waals surface area contributed by atoms with Crippen molar-refractivity contribution in [3.05, 3.63) is 64.7 Å². The van der Waals surface area contributed by atoms with E-state index in [-0.39, 0.29) is 0 Å². The molecule has 0 aliphatic heterocycles. The van der Waals surface area contributed by atoms with Gasteiger partial charge in [0.2, 0.25) is 0 Å². The molecule has 2 aromatic rings. The van der Waals surface area contributed by atoms with Gasteiger partial charge in [0, 0.05) is 6.54 Å². The van der Waals surface area contributed by atoms with E-state index in [4.69, 9.17) is 4.74 Å². The van der Waals surface area contributed by atoms with Crippen LogP contribution < -0.4 is 10.1 Å². The van der Waals surface area contributed by atoms with Crippen LogP contribution in [-0.2, 0) is 6.54 Å². The number of nitrogens with one attached hydrogen (secondary N) is 1. The molecule has 0 aromatic heterocycles. The predicted octanol–water partition coefficient (Wildman–Crippen LogP) is 3.74. The predicted molar refractivity (Wildman–Crippen MR) is 79.4 cm³/mol. The summed E-state index contributed by atoms with van der Waals surface area (Å²) in [7, 11) is 0. The third-order valence-electron chi connectivity index (χ3n) is 3.27. The summed E-state index contributed by atoms with van der Waals surface area (Å²) in [5.74, 6) is 0.970. The number of ether oxygens (including phenoxy) is 1. The monoisotopic (exact) mass is 255 g/mol. The van der Waals surface area contributed by atoms with Crippen molar-refractivity contribution in [2.24, 2.45) is 0 Å². The molecule has 0 aliphatic rings. The summed E-state index contributed by atoms with van der Waals surface area (Å²) in [6.07, 6.45) is 0. The van der Waals surface area contributed by atoms with Gasteiger partial charge in [0.25, 0.3) is 0 Å². The Hall–Kier alpha value is -1.80. The topological polar surface area (TPSA) is 21.3 Å². The number of hydrogen-bond donors (Lipinski definition) is 1. The van der Waals surface area contributed by atoms with Gasteiger partial charge >= 0.3 is 0 Å². The Morgan fingerprint density at radius 1 is 1.00 bits per heavy atom. The van der Waals surface area contributed by atoms with Crippen LogP contribution in [-0.4, -0.2) is 6.73 Å². The lowest BCUT2D eigenvalue weighted by atomic mass is 10.1. The summed E-state index contributed by atoms with van der Waals surface area (Å²) in [4.78, 5) is 0. The molecule has 0 aliphatic carbocycles. The van der Waals surface area contributed by atoms with Crippen molar-refractivity contribution in [2.75, 3.05) is 6.73 Å². The summed E-state index contributed by atoms with van der Waals surface area (Å²) in [5, 5.41) is 3.29. The quantitative estimate of drug-likeness (QED) is 0.649. The largest absolute Gasteiger partial charge is 0.478 e. The lowest BCUT2D eigenvalue weighted by Gasteiger charge is -2.13. The lowest BCUT2D eigenvalue weighted by molar-refractivity contribution is 0.280. The first kappa shape index (κ1) is 13.6. The van der Waals surface area contributed by atoms with Crippen LogP contribution >= 0.6 is 0 Å². The van der Waals surface area contributed by atoms with E-state index in [1.165, 1.54) is 22.3 Å². The first-order chi connectivity index (χ1) is 9.16. The Morgan fingerprint density at radius 2 is 1.74 bits per heavy atom. The summed E-state index contributed by atoms with van der Waals surface area (Å²) in [6, 6.07) is 14.6. The van der Waals surface area contributed by atoms with E-state index in [1.54, 1.807) is 0 Å². The molecular formula is C17H21NO. The van der Waals surface area contributed by atoms with Gasteiger partial charge in [-0.2, -0.15) is 0 Å². The molecule has 2 heteroatoms. The van der Waals surface area contributed by atoms with Crippen molar-refractivity contribution in [1.29, 1.82) is 0 Å². The smallest absolute Gasteiger partial charge is 0.139 e. The van der Waals surface area contributed by atoms with E-state index in [9.17, 15) is 0 Å². The SMILES string of the molecule is Cc1cc(C)c(C)c(OCNCc2ccccc2)c1. The van der Waals surface area contributed by atoms with Crippen LogP contribution in [0.2, 0.25) is 0 Å². The minimum absolute atomic E-state index is 0.526. The third-order valence-corrected chi connectivity index (χ3v) is 3.27. The molecule has 0 fully saturated rings. The van der Waals surface area contributed by atoms with E-state index >= 15 is 0 Å². The maximum Gasteiger partial charge on any atom is 0.139 e. The van der Waals surface area contributed by atoms with Crippen LogP contribution in [0, 0.1) is 20.8 Å². The second-order valence-electron chi connectivity index (χ2n) is 4.91. The summed E-state index contributed by atoms with van der Waals surface area (Å²) in [6.45, 7) is 7.66. The van der Waals surface area contributed by atoms with Gasteiger partial charge in [0.1, 0.15) is 12.5 Å². The van der Waals surface area contributed by atoms with E-state index in [0.29, 0.717) is 6.73 Å². The number of benzene rings is 2. The second kappa shape index (κ2) is 6.39. The minimum Gasteiger partial charge on any atom is -0.478 e. The van der Waals surface area contributed by atoms with E-state index in [2.05, 4.69) is 50.4 Å². The van der Waals surface area contributed by atoms with Gasteiger partial charge in [0.15, 0.2) is 0 Å². The second-order valence-corrected chi connectivity index (χ2v) is 4.91. The number of hydrogen-bond acceptors (Lipinski definition) is 2. The Balaban J connectivity index is 1.86. The van der Waals surface area contributed by atoms with Crippen molar-refractivity contribution in [3.63, 3.8) is 0 Å². The maximum absolute atomic E-state index is 5.81. The molecule has 0 amide bonds. The van der Waals surface area contributed by atoms with Crippen molar-refractivity contribution in [1.82, 2.24) is 5.32 Å². The average Bonchev–Trinajstić information content (AvgIpc) is 2.41. The zero-order chi connectivity index (χ0) is 13.7. The molecule has 100 valence electrons. The van der Waals surface area contributed by atoms with Crippen LogP contribution in [0.15, 0.2) is 42.5 Å². The summed E-state index contributed by atoms with van der Waals surface area (Å²) in [5.41, 5.74) is 4.99. The molecule has 0 saturated heterocycles. The zero-order valence-corrected chi connectivity index (χ0v) is 11.9. The van der Waals surface area contributed by atoms with Crippen molar-refractivity contribution in [2.45, 2.75) is 27.3 Å². The van der Waals surface area contributed by atoms with Crippen molar-refractivity contribution in [3.8, 4) is 5.75 Å². The van der Waals surface area contributed by atoms with Gasteiger partial charge in [-0.25, -0.2) is 0 Å². The first-order valence-corrected chi connectivity index (χ1v) is 6.62. The van der Waals surface area contributed by atoms with E-state index in [0.717, 1.165) is 12.3 Å². The van der Waals surface area contributed by atoms with Crippen molar-refractivity contribution >= 4 is 0 Å². The average molecular weight is 255 g/mol. The summed E-state index contributed by atoms with van der Waals surface area (Å²) >= 11 is 0. The highest BCUT2D eigenvalue weighted by Gasteiger charge is 2.03. The van der Waals surface area contributed by atoms with Crippen LogP contribution in [0.1, 0.15) is 22.3 Å². The minimum atomic E-state index is 0.526. The van der Waals surface area contributed by atoms with Crippen LogP contribution in [0.25, 0.3) is 0 Å². The van der Waals surface area contributed by atoms with Crippen LogP contribution in [0.5, 0.6) is 5.75 Å².